The molecule has 3 rings (SSSR count). The molecule has 0 saturated heterocycles. The van der Waals surface area contributed by atoms with E-state index in [1.165, 1.54) is 0 Å². The predicted molar refractivity (Wildman–Crippen MR) is 82.7 cm³/mol. The Labute approximate surface area is 128 Å². The minimum atomic E-state index is -0.667. The zero-order valence-corrected chi connectivity index (χ0v) is 12.6. The second-order valence-corrected chi connectivity index (χ2v) is 6.49. The van der Waals surface area contributed by atoms with E-state index in [-0.39, 0.29) is 29.2 Å². The molecule has 1 aromatic heterocycles. The topological polar surface area (TPSA) is 93.5 Å². The van der Waals surface area contributed by atoms with Crippen molar-refractivity contribution in [3.8, 4) is 0 Å². The summed E-state index contributed by atoms with van der Waals surface area (Å²) in [4.78, 5) is 22.8. The van der Waals surface area contributed by atoms with Gasteiger partial charge in [0, 0.05) is 12.0 Å². The Kier molecular flexibility index (Phi) is 3.91. The van der Waals surface area contributed by atoms with E-state index in [2.05, 4.69) is 19.1 Å². The number of nitrogen functional groups attached to an aromatic ring is 1. The van der Waals surface area contributed by atoms with Crippen molar-refractivity contribution in [2.24, 2.45) is 17.8 Å². The van der Waals surface area contributed by atoms with E-state index in [1.54, 1.807) is 6.07 Å². The van der Waals surface area contributed by atoms with Crippen LogP contribution in [-0.2, 0) is 0 Å². The lowest BCUT2D eigenvalue weighted by Gasteiger charge is -2.42. The molecule has 5 nitrogen and oxygen atoms in total. The number of aliphatic hydroxyl groups is 1. The molecule has 0 aliphatic heterocycles. The van der Waals surface area contributed by atoms with Crippen molar-refractivity contribution >= 4 is 12.0 Å². The maximum atomic E-state index is 11.9. The number of hydrogen-bond donors (Lipinski definition) is 2. The van der Waals surface area contributed by atoms with Gasteiger partial charge >= 0.3 is 5.63 Å². The fourth-order valence-electron chi connectivity index (χ4n) is 3.99. The minimum absolute atomic E-state index is 0.0539. The molecule has 0 radical (unpaired) electrons. The molecule has 2 aliphatic carbocycles. The Morgan fingerprint density at radius 1 is 1.36 bits per heavy atom. The number of allylic oxidation sites excluding steroid dienone is 2. The molecule has 3 N–H and O–H groups in total. The summed E-state index contributed by atoms with van der Waals surface area (Å²) in [6.45, 7) is 2.09. The van der Waals surface area contributed by atoms with Crippen LogP contribution < -0.4 is 11.4 Å². The van der Waals surface area contributed by atoms with Gasteiger partial charge in [0.1, 0.15) is 11.3 Å². The Balaban J connectivity index is 2.01. The number of aldehydes is 1. The summed E-state index contributed by atoms with van der Waals surface area (Å²) >= 11 is 0. The van der Waals surface area contributed by atoms with Crippen LogP contribution in [0.2, 0.25) is 0 Å². The molecule has 118 valence electrons. The number of hydrogen-bond acceptors (Lipinski definition) is 5. The van der Waals surface area contributed by atoms with Crippen LogP contribution in [0.3, 0.4) is 0 Å². The Hall–Kier alpha value is -1.88. The molecule has 1 fully saturated rings. The SMILES string of the molecule is CC1C=CC2CC(O)CCC2C1c1cc(N)c(C=O)c(=O)o1. The Morgan fingerprint density at radius 3 is 2.82 bits per heavy atom. The van der Waals surface area contributed by atoms with E-state index in [4.69, 9.17) is 10.2 Å². The van der Waals surface area contributed by atoms with Gasteiger partial charge in [-0.15, -0.1) is 0 Å². The van der Waals surface area contributed by atoms with Crippen molar-refractivity contribution in [1.29, 1.82) is 0 Å². The molecule has 0 amide bonds. The highest BCUT2D eigenvalue weighted by Crippen LogP contribution is 2.47. The smallest absolute Gasteiger partial charge is 0.348 e. The summed E-state index contributed by atoms with van der Waals surface area (Å²) in [5.41, 5.74) is 5.22. The summed E-state index contributed by atoms with van der Waals surface area (Å²) in [6.07, 6.45) is 6.89. The number of rotatable bonds is 2. The molecule has 22 heavy (non-hydrogen) atoms. The van der Waals surface area contributed by atoms with Crippen LogP contribution in [0.4, 0.5) is 5.69 Å². The molecule has 5 unspecified atom stereocenters. The van der Waals surface area contributed by atoms with Gasteiger partial charge < -0.3 is 15.3 Å². The number of anilines is 1. The number of carbonyl (C=O) groups is 1. The third-order valence-electron chi connectivity index (χ3n) is 5.10. The van der Waals surface area contributed by atoms with Crippen LogP contribution in [0.15, 0.2) is 27.4 Å². The molecule has 1 aromatic rings. The second kappa shape index (κ2) is 5.72. The standard InChI is InChI=1S/C17H21NO4/c1-9-2-3-10-6-11(20)4-5-12(10)16(9)15-7-14(18)13(8-19)17(21)22-15/h2-3,7-12,16,20H,4-6,18H2,1H3. The molecule has 5 heteroatoms. The van der Waals surface area contributed by atoms with Crippen molar-refractivity contribution in [3.05, 3.63) is 40.0 Å². The quantitative estimate of drug-likeness (QED) is 0.644. The molecule has 0 aromatic carbocycles. The first kappa shape index (κ1) is 15.0. The second-order valence-electron chi connectivity index (χ2n) is 6.49. The fourth-order valence-corrected chi connectivity index (χ4v) is 3.99. The lowest BCUT2D eigenvalue weighted by molar-refractivity contribution is 0.0617. The van der Waals surface area contributed by atoms with Crippen LogP contribution in [-0.4, -0.2) is 17.5 Å². The highest BCUT2D eigenvalue weighted by Gasteiger charge is 2.40. The van der Waals surface area contributed by atoms with Gasteiger partial charge in [-0.2, -0.15) is 0 Å². The normalized spacial score (nSPS) is 34.2. The molecular formula is C17H21NO4. The van der Waals surface area contributed by atoms with Crippen LogP contribution in [0, 0.1) is 17.8 Å². The van der Waals surface area contributed by atoms with E-state index in [0.29, 0.717) is 23.9 Å². The summed E-state index contributed by atoms with van der Waals surface area (Å²) in [5.74, 6) is 1.45. The highest BCUT2D eigenvalue weighted by atomic mass is 16.4. The molecule has 1 saturated carbocycles. The Morgan fingerprint density at radius 2 is 2.14 bits per heavy atom. The van der Waals surface area contributed by atoms with E-state index >= 15 is 0 Å². The van der Waals surface area contributed by atoms with Gasteiger partial charge in [0.15, 0.2) is 6.29 Å². The number of nitrogens with two attached hydrogens (primary N) is 1. The predicted octanol–water partition coefficient (Wildman–Crippen LogP) is 2.10. The molecule has 0 spiro atoms. The molecule has 5 atom stereocenters. The van der Waals surface area contributed by atoms with Gasteiger partial charge in [0.2, 0.25) is 0 Å². The van der Waals surface area contributed by atoms with Crippen LogP contribution in [0.1, 0.15) is 48.2 Å². The van der Waals surface area contributed by atoms with Crippen LogP contribution in [0.5, 0.6) is 0 Å². The third-order valence-corrected chi connectivity index (χ3v) is 5.10. The lowest BCUT2D eigenvalue weighted by Crippen LogP contribution is -2.35. The fraction of sp³-hybridized carbons (Fsp3) is 0.529. The van der Waals surface area contributed by atoms with Gasteiger partial charge in [-0.1, -0.05) is 19.1 Å². The van der Waals surface area contributed by atoms with Crippen molar-refractivity contribution < 1.29 is 14.3 Å². The van der Waals surface area contributed by atoms with Gasteiger partial charge in [-0.25, -0.2) is 4.79 Å². The van der Waals surface area contributed by atoms with E-state index in [9.17, 15) is 14.7 Å². The maximum absolute atomic E-state index is 11.9. The maximum Gasteiger partial charge on any atom is 0.348 e. The summed E-state index contributed by atoms with van der Waals surface area (Å²) in [5, 5.41) is 9.86. The number of fused-ring (bicyclic) bond motifs is 1. The van der Waals surface area contributed by atoms with Crippen LogP contribution >= 0.6 is 0 Å². The van der Waals surface area contributed by atoms with Crippen molar-refractivity contribution in [1.82, 2.24) is 0 Å². The zero-order chi connectivity index (χ0) is 15.9. The van der Waals surface area contributed by atoms with Gasteiger partial charge in [-0.3, -0.25) is 4.79 Å². The van der Waals surface area contributed by atoms with Crippen molar-refractivity contribution in [2.75, 3.05) is 5.73 Å². The number of carbonyl (C=O) groups excluding carboxylic acids is 1. The minimum Gasteiger partial charge on any atom is -0.427 e. The van der Waals surface area contributed by atoms with E-state index in [1.807, 2.05) is 0 Å². The first-order valence-corrected chi connectivity index (χ1v) is 7.76. The number of aliphatic hydroxyl groups excluding tert-OH is 1. The van der Waals surface area contributed by atoms with Crippen molar-refractivity contribution in [3.63, 3.8) is 0 Å². The van der Waals surface area contributed by atoms with Gasteiger partial charge in [0.25, 0.3) is 0 Å². The highest BCUT2D eigenvalue weighted by molar-refractivity contribution is 5.82. The lowest BCUT2D eigenvalue weighted by atomic mass is 9.64. The molecule has 1 heterocycles. The largest absolute Gasteiger partial charge is 0.427 e. The summed E-state index contributed by atoms with van der Waals surface area (Å²) in [7, 11) is 0. The zero-order valence-electron chi connectivity index (χ0n) is 12.6. The first-order chi connectivity index (χ1) is 10.5. The summed E-state index contributed by atoms with van der Waals surface area (Å²) < 4.78 is 5.40. The molecular weight excluding hydrogens is 282 g/mol. The average molecular weight is 303 g/mol. The summed E-state index contributed by atoms with van der Waals surface area (Å²) in [6, 6.07) is 1.62. The van der Waals surface area contributed by atoms with Crippen LogP contribution in [0.25, 0.3) is 0 Å². The first-order valence-electron chi connectivity index (χ1n) is 7.76. The molecule has 0 bridgehead atoms. The van der Waals surface area contributed by atoms with Crippen molar-refractivity contribution in [2.45, 2.75) is 38.2 Å². The Bertz CT molecular complexity index is 663. The van der Waals surface area contributed by atoms with Gasteiger partial charge in [0.05, 0.1) is 11.8 Å². The average Bonchev–Trinajstić information content (AvgIpc) is 2.47. The monoisotopic (exact) mass is 303 g/mol. The molecule has 2 aliphatic rings. The van der Waals surface area contributed by atoms with E-state index in [0.717, 1.165) is 19.3 Å². The third kappa shape index (κ3) is 2.50. The van der Waals surface area contributed by atoms with Gasteiger partial charge in [-0.05, 0) is 37.0 Å². The van der Waals surface area contributed by atoms with E-state index < -0.39 is 5.63 Å².